The molecule has 0 aromatic heterocycles. The maximum Gasteiger partial charge on any atom is 0.269 e. The van der Waals surface area contributed by atoms with Crippen molar-refractivity contribution < 1.29 is 18.7 Å². The van der Waals surface area contributed by atoms with Crippen molar-refractivity contribution in [2.75, 3.05) is 12.4 Å². The van der Waals surface area contributed by atoms with E-state index in [9.17, 15) is 9.18 Å². The van der Waals surface area contributed by atoms with Crippen LogP contribution in [0.4, 0.5) is 10.1 Å². The smallest absolute Gasteiger partial charge is 0.269 e. The molecule has 2 aromatic carbocycles. The average Bonchev–Trinajstić information content (AvgIpc) is 2.62. The van der Waals surface area contributed by atoms with Gasteiger partial charge in [0.05, 0.1) is 18.2 Å². The van der Waals surface area contributed by atoms with Crippen molar-refractivity contribution in [1.82, 2.24) is 10.9 Å². The highest BCUT2D eigenvalue weighted by molar-refractivity contribution is 7.80. The zero-order valence-electron chi connectivity index (χ0n) is 14.9. The molecule has 0 bridgehead atoms. The van der Waals surface area contributed by atoms with E-state index < -0.39 is 11.7 Å². The fourth-order valence-electron chi connectivity index (χ4n) is 2.08. The van der Waals surface area contributed by atoms with E-state index in [1.54, 1.807) is 18.2 Å². The number of rotatable bonds is 5. The van der Waals surface area contributed by atoms with E-state index >= 15 is 0 Å². The number of carbonyl (C=O) groups is 1. The van der Waals surface area contributed by atoms with E-state index in [1.165, 1.54) is 25.3 Å². The summed E-state index contributed by atoms with van der Waals surface area (Å²) >= 11 is 10.8. The molecule has 27 heavy (non-hydrogen) atoms. The second-order valence-electron chi connectivity index (χ2n) is 5.69. The van der Waals surface area contributed by atoms with Gasteiger partial charge < -0.3 is 14.8 Å². The fourth-order valence-corrected chi connectivity index (χ4v) is 2.43. The largest absolute Gasteiger partial charge is 0.493 e. The minimum atomic E-state index is -0.534. The van der Waals surface area contributed by atoms with Crippen LogP contribution < -0.4 is 25.6 Å². The Labute approximate surface area is 167 Å². The van der Waals surface area contributed by atoms with Crippen LogP contribution in [0.15, 0.2) is 36.4 Å². The molecular weight excluding hydrogens is 393 g/mol. The Hall–Kier alpha value is -2.58. The third-order valence-electron chi connectivity index (χ3n) is 3.26. The highest BCUT2D eigenvalue weighted by Gasteiger charge is 2.12. The summed E-state index contributed by atoms with van der Waals surface area (Å²) in [6.07, 6.45) is -0.0244. The molecule has 0 radical (unpaired) electrons. The molecule has 1 amide bonds. The summed E-state index contributed by atoms with van der Waals surface area (Å²) in [5.41, 5.74) is 5.85. The van der Waals surface area contributed by atoms with Crippen molar-refractivity contribution in [3.05, 3.63) is 52.8 Å². The summed E-state index contributed by atoms with van der Waals surface area (Å²) in [6, 6.07) is 8.88. The van der Waals surface area contributed by atoms with Gasteiger partial charge in [-0.1, -0.05) is 11.6 Å². The first-order valence-corrected chi connectivity index (χ1v) is 8.76. The van der Waals surface area contributed by atoms with Crippen molar-refractivity contribution in [2.45, 2.75) is 20.0 Å². The molecule has 9 heteroatoms. The molecule has 144 valence electrons. The summed E-state index contributed by atoms with van der Waals surface area (Å²) in [5, 5.41) is 2.85. The van der Waals surface area contributed by atoms with E-state index in [1.807, 2.05) is 13.8 Å². The lowest BCUT2D eigenvalue weighted by molar-refractivity contribution is 0.0943. The van der Waals surface area contributed by atoms with E-state index in [0.717, 1.165) is 0 Å². The zero-order valence-corrected chi connectivity index (χ0v) is 16.5. The number of nitrogens with one attached hydrogen (secondary N) is 3. The van der Waals surface area contributed by atoms with E-state index in [2.05, 4.69) is 16.2 Å². The first kappa shape index (κ1) is 20.7. The van der Waals surface area contributed by atoms with Gasteiger partial charge in [0.15, 0.2) is 16.6 Å². The van der Waals surface area contributed by atoms with E-state index in [-0.39, 0.29) is 16.2 Å². The lowest BCUT2D eigenvalue weighted by Gasteiger charge is -2.15. The van der Waals surface area contributed by atoms with Crippen molar-refractivity contribution in [1.29, 1.82) is 0 Å². The number of benzene rings is 2. The number of carbonyl (C=O) groups excluding carboxylic acids is 1. The van der Waals surface area contributed by atoms with Gasteiger partial charge in [0.1, 0.15) is 5.82 Å². The SMILES string of the molecule is COc1cc(C(=O)NNC(=S)Nc2ccc(F)c(Cl)c2)ccc1OC(C)C. The van der Waals surface area contributed by atoms with Crippen LogP contribution >= 0.6 is 23.8 Å². The second-order valence-corrected chi connectivity index (χ2v) is 6.51. The molecule has 0 aliphatic heterocycles. The number of methoxy groups -OCH3 is 1. The third-order valence-corrected chi connectivity index (χ3v) is 3.75. The summed E-state index contributed by atoms with van der Waals surface area (Å²) in [4.78, 5) is 12.3. The lowest BCUT2D eigenvalue weighted by atomic mass is 10.2. The summed E-state index contributed by atoms with van der Waals surface area (Å²) in [7, 11) is 1.50. The highest BCUT2D eigenvalue weighted by atomic mass is 35.5. The molecule has 0 saturated heterocycles. The monoisotopic (exact) mass is 411 g/mol. The number of halogens is 2. The number of hydrogen-bond donors (Lipinski definition) is 3. The van der Waals surface area contributed by atoms with Crippen molar-refractivity contribution in [3.63, 3.8) is 0 Å². The number of ether oxygens (including phenoxy) is 2. The van der Waals surface area contributed by atoms with Gasteiger partial charge in [0, 0.05) is 11.3 Å². The van der Waals surface area contributed by atoms with Gasteiger partial charge in [0.25, 0.3) is 5.91 Å². The van der Waals surface area contributed by atoms with Crippen LogP contribution in [0.3, 0.4) is 0 Å². The summed E-state index contributed by atoms with van der Waals surface area (Å²) in [5.74, 6) is 0.0271. The number of hydrazine groups is 1. The Morgan fingerprint density at radius 3 is 2.52 bits per heavy atom. The molecule has 2 aromatic rings. The van der Waals surface area contributed by atoms with Crippen LogP contribution in [0, 0.1) is 5.82 Å². The predicted octanol–water partition coefficient (Wildman–Crippen LogP) is 3.91. The molecule has 0 heterocycles. The lowest BCUT2D eigenvalue weighted by Crippen LogP contribution is -2.43. The molecule has 0 aliphatic rings. The van der Waals surface area contributed by atoms with Gasteiger partial charge in [-0.05, 0) is 62.5 Å². The number of amides is 1. The van der Waals surface area contributed by atoms with Crippen LogP contribution in [0.25, 0.3) is 0 Å². The fraction of sp³-hybridized carbons (Fsp3) is 0.222. The molecule has 6 nitrogen and oxygen atoms in total. The van der Waals surface area contributed by atoms with Crippen LogP contribution in [0.5, 0.6) is 11.5 Å². The molecule has 0 saturated carbocycles. The average molecular weight is 412 g/mol. The normalized spacial score (nSPS) is 10.3. The minimum absolute atomic E-state index is 0.0244. The third kappa shape index (κ3) is 5.97. The van der Waals surface area contributed by atoms with E-state index in [4.69, 9.17) is 33.3 Å². The Balaban J connectivity index is 1.96. The van der Waals surface area contributed by atoms with Gasteiger partial charge in [-0.3, -0.25) is 15.6 Å². The molecule has 3 N–H and O–H groups in total. The van der Waals surface area contributed by atoms with Crippen molar-refractivity contribution in [3.8, 4) is 11.5 Å². The molecule has 0 atom stereocenters. The van der Waals surface area contributed by atoms with Gasteiger partial charge in [-0.2, -0.15) is 0 Å². The van der Waals surface area contributed by atoms with Gasteiger partial charge in [0.2, 0.25) is 0 Å². The topological polar surface area (TPSA) is 71.6 Å². The Kier molecular flexibility index (Phi) is 7.20. The first-order chi connectivity index (χ1) is 12.8. The minimum Gasteiger partial charge on any atom is -0.493 e. The molecule has 0 spiro atoms. The molecule has 0 unspecified atom stereocenters. The van der Waals surface area contributed by atoms with E-state index in [0.29, 0.717) is 22.7 Å². The zero-order chi connectivity index (χ0) is 20.0. The second kappa shape index (κ2) is 9.38. The highest BCUT2D eigenvalue weighted by Crippen LogP contribution is 2.28. The molecular formula is C18H19ClFN3O3S. The van der Waals surface area contributed by atoms with Crippen molar-refractivity contribution >= 4 is 40.5 Å². The Morgan fingerprint density at radius 1 is 1.15 bits per heavy atom. The number of thiocarbonyl (C=S) groups is 1. The van der Waals surface area contributed by atoms with Crippen LogP contribution in [0.1, 0.15) is 24.2 Å². The Morgan fingerprint density at radius 2 is 1.89 bits per heavy atom. The maximum atomic E-state index is 13.2. The number of hydrogen-bond acceptors (Lipinski definition) is 4. The van der Waals surface area contributed by atoms with Gasteiger partial charge >= 0.3 is 0 Å². The Bertz CT molecular complexity index is 849. The molecule has 0 fully saturated rings. The van der Waals surface area contributed by atoms with Crippen LogP contribution in [-0.4, -0.2) is 24.2 Å². The summed E-state index contributed by atoms with van der Waals surface area (Å²) < 4.78 is 24.0. The molecule has 2 rings (SSSR count). The quantitative estimate of drug-likeness (QED) is 0.512. The van der Waals surface area contributed by atoms with Crippen molar-refractivity contribution in [2.24, 2.45) is 0 Å². The summed E-state index contributed by atoms with van der Waals surface area (Å²) in [6.45, 7) is 3.79. The first-order valence-electron chi connectivity index (χ1n) is 7.97. The number of anilines is 1. The maximum absolute atomic E-state index is 13.2. The predicted molar refractivity (Wildman–Crippen MR) is 107 cm³/mol. The molecule has 0 aliphatic carbocycles. The van der Waals surface area contributed by atoms with Crippen LogP contribution in [-0.2, 0) is 0 Å². The standard InChI is InChI=1S/C18H19ClFN3O3S/c1-10(2)26-15-7-4-11(8-16(15)25-3)17(24)22-23-18(27)21-12-5-6-14(20)13(19)9-12/h4-10H,1-3H3,(H,22,24)(H2,21,23,27). The van der Waals surface area contributed by atoms with Gasteiger partial charge in [-0.25, -0.2) is 4.39 Å². The van der Waals surface area contributed by atoms with Crippen LogP contribution in [0.2, 0.25) is 5.02 Å². The van der Waals surface area contributed by atoms with Gasteiger partial charge in [-0.15, -0.1) is 0 Å².